The molecule has 3 aromatic carbocycles. The number of hydrogen-bond acceptors (Lipinski definition) is 10. The standard InChI is InChI=1S/C33H30F6O10S2Si/c1-18-14-22-25(17-21(18)28(40)46-30(2,3)4)31(47-29(22)41)23-10-8-19(48-50(42,43)32(34,35)36)15-26(23)52(12-6-5-7-13-52)27-16-20(9-11-24(27)31)49-51(44,45)33(37,38)39/h8-11,14-17H,5-7,12-13H2,1-4H3. The number of aryl methyl sites for hydroxylation is 1. The first-order valence-electron chi connectivity index (χ1n) is 15.8. The van der Waals surface area contributed by atoms with Gasteiger partial charge in [0.15, 0.2) is 5.60 Å². The van der Waals surface area contributed by atoms with Crippen molar-refractivity contribution in [2.24, 2.45) is 0 Å². The molecule has 0 radical (unpaired) electrons. The molecule has 0 bridgehead atoms. The Balaban J connectivity index is 1.68. The lowest BCUT2D eigenvalue weighted by atomic mass is 9.78. The van der Waals surface area contributed by atoms with Crippen LogP contribution in [0.15, 0.2) is 48.5 Å². The lowest BCUT2D eigenvalue weighted by Crippen LogP contribution is -2.67. The van der Waals surface area contributed by atoms with Crippen LogP contribution in [0.25, 0.3) is 0 Å². The van der Waals surface area contributed by atoms with E-state index < -0.39 is 74.0 Å². The average molecular weight is 793 g/mol. The predicted octanol–water partition coefficient (Wildman–Crippen LogP) is 5.93. The Morgan fingerprint density at radius 2 is 1.23 bits per heavy atom. The first kappa shape index (κ1) is 37.6. The minimum absolute atomic E-state index is 0.0112. The van der Waals surface area contributed by atoms with Gasteiger partial charge in [-0.15, -0.1) is 0 Å². The Bertz CT molecular complexity index is 2140. The van der Waals surface area contributed by atoms with Crippen LogP contribution in [-0.2, 0) is 35.3 Å². The van der Waals surface area contributed by atoms with E-state index in [-0.39, 0.29) is 38.2 Å². The van der Waals surface area contributed by atoms with Crippen molar-refractivity contribution < 1.29 is 70.6 Å². The summed E-state index contributed by atoms with van der Waals surface area (Å²) in [7, 11) is -15.7. The van der Waals surface area contributed by atoms with Crippen LogP contribution in [0, 0.1) is 6.92 Å². The highest BCUT2D eigenvalue weighted by molar-refractivity contribution is 7.88. The van der Waals surface area contributed by atoms with Crippen molar-refractivity contribution in [3.8, 4) is 11.5 Å². The van der Waals surface area contributed by atoms with E-state index in [1.165, 1.54) is 24.3 Å². The third-order valence-corrected chi connectivity index (χ3v) is 16.5. The Morgan fingerprint density at radius 1 is 0.750 bits per heavy atom. The van der Waals surface area contributed by atoms with Gasteiger partial charge in [-0.3, -0.25) is 0 Å². The third kappa shape index (κ3) is 6.03. The molecule has 3 aliphatic heterocycles. The molecule has 1 fully saturated rings. The summed E-state index contributed by atoms with van der Waals surface area (Å²) in [5, 5.41) is 0.482. The zero-order valence-electron chi connectivity index (χ0n) is 27.8. The van der Waals surface area contributed by atoms with Crippen molar-refractivity contribution in [2.75, 3.05) is 0 Å². The fraction of sp³-hybridized carbons (Fsp3) is 0.394. The van der Waals surface area contributed by atoms with E-state index >= 15 is 0 Å². The van der Waals surface area contributed by atoms with Crippen LogP contribution in [-0.4, -0.2) is 53.5 Å². The number of carbonyl (C=O) groups is 2. The van der Waals surface area contributed by atoms with Gasteiger partial charge >= 0.3 is 43.2 Å². The van der Waals surface area contributed by atoms with E-state index in [2.05, 4.69) is 8.37 Å². The molecule has 0 atom stereocenters. The summed E-state index contributed by atoms with van der Waals surface area (Å²) >= 11 is 0. The van der Waals surface area contributed by atoms with Gasteiger partial charge in [0, 0.05) is 16.7 Å². The number of fused-ring (bicyclic) bond motifs is 8. The summed E-state index contributed by atoms with van der Waals surface area (Å²) in [6.45, 7) is 6.47. The van der Waals surface area contributed by atoms with Crippen molar-refractivity contribution >= 4 is 50.6 Å². The largest absolute Gasteiger partial charge is 0.534 e. The predicted molar refractivity (Wildman–Crippen MR) is 174 cm³/mol. The second-order valence-corrected chi connectivity index (χ2v) is 21.1. The summed E-state index contributed by atoms with van der Waals surface area (Å²) in [5.74, 6) is -3.12. The van der Waals surface area contributed by atoms with Gasteiger partial charge in [0.25, 0.3) is 0 Å². The topological polar surface area (TPSA) is 139 Å². The monoisotopic (exact) mass is 792 g/mol. The summed E-state index contributed by atoms with van der Waals surface area (Å²) < 4.78 is 150. The lowest BCUT2D eigenvalue weighted by Gasteiger charge is -2.48. The number of esters is 2. The fourth-order valence-electron chi connectivity index (χ4n) is 7.26. The van der Waals surface area contributed by atoms with Crippen molar-refractivity contribution in [2.45, 2.75) is 81.3 Å². The van der Waals surface area contributed by atoms with Crippen molar-refractivity contribution in [3.63, 3.8) is 0 Å². The molecular weight excluding hydrogens is 763 g/mol. The molecule has 0 aliphatic carbocycles. The van der Waals surface area contributed by atoms with Crippen LogP contribution in [0.5, 0.6) is 11.5 Å². The highest BCUT2D eigenvalue weighted by atomic mass is 32.2. The molecule has 6 rings (SSSR count). The second kappa shape index (κ2) is 12.0. The molecule has 0 N–H and O–H groups in total. The average Bonchev–Trinajstić information content (AvgIpc) is 3.29. The number of halogens is 6. The van der Waals surface area contributed by atoms with Gasteiger partial charge in [-0.05, 0) is 92.1 Å². The normalized spacial score (nSPS) is 17.9. The number of carbonyl (C=O) groups excluding carboxylic acids is 2. The summed E-state index contributed by atoms with van der Waals surface area (Å²) in [4.78, 5) is 27.1. The van der Waals surface area contributed by atoms with E-state index in [9.17, 15) is 52.8 Å². The van der Waals surface area contributed by atoms with E-state index in [0.29, 0.717) is 36.9 Å². The van der Waals surface area contributed by atoms with Gasteiger partial charge in [0.1, 0.15) is 25.2 Å². The maximum absolute atomic E-state index is 13.7. The molecule has 3 aromatic rings. The Morgan fingerprint density at radius 3 is 1.67 bits per heavy atom. The van der Waals surface area contributed by atoms with Gasteiger partial charge < -0.3 is 17.8 Å². The van der Waals surface area contributed by atoms with Gasteiger partial charge in [-0.25, -0.2) is 9.59 Å². The smallest absolute Gasteiger partial charge is 0.456 e. The van der Waals surface area contributed by atoms with Gasteiger partial charge in [-0.2, -0.15) is 43.2 Å². The quantitative estimate of drug-likeness (QED) is 0.101. The zero-order chi connectivity index (χ0) is 38.4. The highest BCUT2D eigenvalue weighted by Crippen LogP contribution is 2.52. The van der Waals surface area contributed by atoms with Gasteiger partial charge in [0.2, 0.25) is 0 Å². The third-order valence-electron chi connectivity index (χ3n) is 9.29. The van der Waals surface area contributed by atoms with Gasteiger partial charge in [0.05, 0.1) is 11.1 Å². The molecule has 0 aromatic heterocycles. The molecule has 0 saturated carbocycles. The van der Waals surface area contributed by atoms with Crippen LogP contribution in [0.3, 0.4) is 0 Å². The SMILES string of the molecule is Cc1cc2c(cc1C(=O)OC(C)(C)C)C1(OC2=O)c2ccc(OS(=O)(=O)C(F)(F)F)cc2[Si]2(CCCCC2)c2cc(OS(=O)(=O)C(F)(F)F)ccc21. The lowest BCUT2D eigenvalue weighted by molar-refractivity contribution is -0.0504. The number of hydrogen-bond donors (Lipinski definition) is 0. The molecule has 0 amide bonds. The molecule has 280 valence electrons. The fourth-order valence-corrected chi connectivity index (χ4v) is 13.9. The molecule has 19 heteroatoms. The van der Waals surface area contributed by atoms with E-state index in [0.717, 1.165) is 24.3 Å². The van der Waals surface area contributed by atoms with Crippen molar-refractivity contribution in [1.29, 1.82) is 0 Å². The number of alkyl halides is 6. The molecule has 1 saturated heterocycles. The summed E-state index contributed by atoms with van der Waals surface area (Å²) in [6.07, 6.45) is 1.78. The molecule has 52 heavy (non-hydrogen) atoms. The minimum atomic E-state index is -6.16. The highest BCUT2D eigenvalue weighted by Gasteiger charge is 2.59. The van der Waals surface area contributed by atoms with E-state index in [1.54, 1.807) is 27.7 Å². The Kier molecular flexibility index (Phi) is 8.66. The Hall–Kier alpha value is -4.10. The molecule has 10 nitrogen and oxygen atoms in total. The van der Waals surface area contributed by atoms with E-state index in [4.69, 9.17) is 9.47 Å². The molecule has 3 aliphatic rings. The first-order valence-corrected chi connectivity index (χ1v) is 21.0. The van der Waals surface area contributed by atoms with Gasteiger partial charge in [-0.1, -0.05) is 31.4 Å². The van der Waals surface area contributed by atoms with Crippen LogP contribution < -0.4 is 18.7 Å². The first-order chi connectivity index (χ1) is 23.8. The summed E-state index contributed by atoms with van der Waals surface area (Å²) in [5.41, 5.74) is -13.7. The van der Waals surface area contributed by atoms with Crippen LogP contribution in [0.2, 0.25) is 12.1 Å². The zero-order valence-corrected chi connectivity index (χ0v) is 30.5. The number of rotatable bonds is 5. The van der Waals surface area contributed by atoms with Crippen LogP contribution in [0.4, 0.5) is 26.3 Å². The minimum Gasteiger partial charge on any atom is -0.456 e. The maximum atomic E-state index is 13.7. The van der Waals surface area contributed by atoms with E-state index in [1.807, 2.05) is 0 Å². The molecule has 2 spiro atoms. The second-order valence-electron chi connectivity index (χ2n) is 13.8. The van der Waals surface area contributed by atoms with Crippen LogP contribution >= 0.6 is 0 Å². The molecular formula is C33H30F6O10S2Si. The maximum Gasteiger partial charge on any atom is 0.534 e. The van der Waals surface area contributed by atoms with Crippen molar-refractivity contribution in [1.82, 2.24) is 0 Å². The molecule has 0 unspecified atom stereocenters. The summed E-state index contributed by atoms with van der Waals surface area (Å²) in [6, 6.07) is 10.1. The van der Waals surface area contributed by atoms with Crippen LogP contribution in [0.1, 0.15) is 83.0 Å². The Labute approximate surface area is 295 Å². The molecule has 3 heterocycles. The van der Waals surface area contributed by atoms with Crippen molar-refractivity contribution in [3.05, 3.63) is 81.9 Å². The number of benzene rings is 3. The number of ether oxygens (including phenoxy) is 2.